The molecule has 82 valence electrons. The van der Waals surface area contributed by atoms with Gasteiger partial charge >= 0.3 is 0 Å². The fourth-order valence-electron chi connectivity index (χ4n) is 1.36. The molecule has 0 aromatic heterocycles. The molecule has 1 aromatic carbocycles. The number of carbonyl (C=O) groups is 1. The zero-order valence-corrected chi connectivity index (χ0v) is 10.6. The number of ether oxygens (including phenoxy) is 1. The third-order valence-corrected chi connectivity index (χ3v) is 2.45. The van der Waals surface area contributed by atoms with Crippen molar-refractivity contribution in [3.63, 3.8) is 0 Å². The lowest BCUT2D eigenvalue weighted by atomic mass is 10.1. The molecule has 1 rings (SSSR count). The van der Waals surface area contributed by atoms with Gasteiger partial charge in [-0.3, -0.25) is 4.79 Å². The van der Waals surface area contributed by atoms with Crippen LogP contribution in [0.3, 0.4) is 0 Å². The largest absolute Gasteiger partial charge is 0.493 e. The van der Waals surface area contributed by atoms with Gasteiger partial charge in [0.25, 0.3) is 0 Å². The molecule has 0 aliphatic carbocycles. The van der Waals surface area contributed by atoms with Crippen LogP contribution in [-0.4, -0.2) is 17.7 Å². The summed E-state index contributed by atoms with van der Waals surface area (Å²) in [6.45, 7) is 4.47. The Morgan fingerprint density at radius 3 is 2.80 bits per heavy atom. The van der Waals surface area contributed by atoms with E-state index in [0.29, 0.717) is 29.7 Å². The zero-order valence-electron chi connectivity index (χ0n) is 9.05. The number of benzene rings is 1. The molecule has 15 heavy (non-hydrogen) atoms. The standard InChI is InChI=1S/C12H15BrO2/c1-3-15-12-5-4-9(2)8-10(12)11(14)6-7-13/h4-5,8H,3,6-7H2,1-2H3. The molecule has 0 bridgehead atoms. The predicted molar refractivity (Wildman–Crippen MR) is 65.1 cm³/mol. The van der Waals surface area contributed by atoms with Gasteiger partial charge in [-0.2, -0.15) is 0 Å². The first-order valence-electron chi connectivity index (χ1n) is 5.01. The summed E-state index contributed by atoms with van der Waals surface area (Å²) in [5.74, 6) is 0.813. The topological polar surface area (TPSA) is 26.3 Å². The lowest BCUT2D eigenvalue weighted by Crippen LogP contribution is -2.04. The minimum Gasteiger partial charge on any atom is -0.493 e. The summed E-state index contributed by atoms with van der Waals surface area (Å²) in [5, 5.41) is 0.686. The fraction of sp³-hybridized carbons (Fsp3) is 0.417. The van der Waals surface area contributed by atoms with Crippen LogP contribution in [-0.2, 0) is 0 Å². The third kappa shape index (κ3) is 3.34. The van der Waals surface area contributed by atoms with Crippen molar-refractivity contribution in [2.75, 3.05) is 11.9 Å². The highest BCUT2D eigenvalue weighted by Gasteiger charge is 2.11. The lowest BCUT2D eigenvalue weighted by Gasteiger charge is -2.09. The first-order valence-corrected chi connectivity index (χ1v) is 6.13. The zero-order chi connectivity index (χ0) is 11.3. The number of hydrogen-bond acceptors (Lipinski definition) is 2. The predicted octanol–water partition coefficient (Wildman–Crippen LogP) is 3.36. The molecule has 0 saturated carbocycles. The molecule has 0 heterocycles. The average molecular weight is 271 g/mol. The van der Waals surface area contributed by atoms with Gasteiger partial charge in [0.15, 0.2) is 5.78 Å². The van der Waals surface area contributed by atoms with Gasteiger partial charge in [-0.05, 0) is 26.0 Å². The summed E-state index contributed by atoms with van der Waals surface area (Å²) in [6, 6.07) is 5.70. The summed E-state index contributed by atoms with van der Waals surface area (Å²) >= 11 is 3.27. The van der Waals surface area contributed by atoms with E-state index in [9.17, 15) is 4.79 Å². The Balaban J connectivity index is 3.00. The summed E-state index contributed by atoms with van der Waals surface area (Å²) in [6.07, 6.45) is 0.503. The van der Waals surface area contributed by atoms with Crippen LogP contribution < -0.4 is 4.74 Å². The van der Waals surface area contributed by atoms with Crippen LogP contribution in [0.4, 0.5) is 0 Å². The van der Waals surface area contributed by atoms with Gasteiger partial charge in [0, 0.05) is 11.8 Å². The Morgan fingerprint density at radius 2 is 2.20 bits per heavy atom. The quantitative estimate of drug-likeness (QED) is 0.606. The molecule has 0 atom stereocenters. The maximum absolute atomic E-state index is 11.8. The Hall–Kier alpha value is -0.830. The van der Waals surface area contributed by atoms with Crippen LogP contribution in [0, 0.1) is 6.92 Å². The summed E-state index contributed by atoms with van der Waals surface area (Å²) in [4.78, 5) is 11.8. The Labute approximate surface area is 98.8 Å². The molecule has 0 aliphatic heterocycles. The maximum atomic E-state index is 11.8. The smallest absolute Gasteiger partial charge is 0.167 e. The molecule has 0 aliphatic rings. The highest BCUT2D eigenvalue weighted by molar-refractivity contribution is 9.09. The molecular formula is C12H15BrO2. The maximum Gasteiger partial charge on any atom is 0.167 e. The molecule has 0 fully saturated rings. The molecule has 0 amide bonds. The summed E-state index contributed by atoms with van der Waals surface area (Å²) in [7, 11) is 0. The van der Waals surface area contributed by atoms with E-state index in [0.717, 1.165) is 5.56 Å². The Bertz CT molecular complexity index is 347. The van der Waals surface area contributed by atoms with E-state index in [1.54, 1.807) is 0 Å². The number of halogens is 1. The van der Waals surface area contributed by atoms with E-state index in [4.69, 9.17) is 4.74 Å². The van der Waals surface area contributed by atoms with E-state index in [1.807, 2.05) is 32.0 Å². The molecule has 0 spiro atoms. The van der Waals surface area contributed by atoms with Crippen molar-refractivity contribution in [2.24, 2.45) is 0 Å². The van der Waals surface area contributed by atoms with E-state index < -0.39 is 0 Å². The minimum atomic E-state index is 0.124. The van der Waals surface area contributed by atoms with Crippen molar-refractivity contribution in [1.29, 1.82) is 0 Å². The second kappa shape index (κ2) is 5.91. The second-order valence-electron chi connectivity index (χ2n) is 3.29. The SMILES string of the molecule is CCOc1ccc(C)cc1C(=O)CCBr. The molecule has 0 N–H and O–H groups in total. The summed E-state index contributed by atoms with van der Waals surface area (Å²) in [5.41, 5.74) is 1.77. The van der Waals surface area contributed by atoms with Gasteiger partial charge in [-0.1, -0.05) is 27.6 Å². The van der Waals surface area contributed by atoms with Crippen molar-refractivity contribution < 1.29 is 9.53 Å². The van der Waals surface area contributed by atoms with Crippen LogP contribution in [0.2, 0.25) is 0 Å². The van der Waals surface area contributed by atoms with Crippen molar-refractivity contribution in [2.45, 2.75) is 20.3 Å². The molecule has 0 unspecified atom stereocenters. The first-order chi connectivity index (χ1) is 7.19. The highest BCUT2D eigenvalue weighted by atomic mass is 79.9. The molecule has 3 heteroatoms. The minimum absolute atomic E-state index is 0.124. The third-order valence-electron chi connectivity index (χ3n) is 2.06. The summed E-state index contributed by atoms with van der Waals surface area (Å²) < 4.78 is 5.42. The van der Waals surface area contributed by atoms with Crippen molar-refractivity contribution >= 4 is 21.7 Å². The number of carbonyl (C=O) groups excluding carboxylic acids is 1. The molecule has 0 saturated heterocycles. The monoisotopic (exact) mass is 270 g/mol. The van der Waals surface area contributed by atoms with Gasteiger partial charge in [-0.25, -0.2) is 0 Å². The number of Topliss-reactive ketones (excluding diaryl/α,β-unsaturated/α-hetero) is 1. The van der Waals surface area contributed by atoms with Crippen molar-refractivity contribution in [3.05, 3.63) is 29.3 Å². The van der Waals surface area contributed by atoms with Crippen LogP contribution in [0.15, 0.2) is 18.2 Å². The molecule has 2 nitrogen and oxygen atoms in total. The Morgan fingerprint density at radius 1 is 1.47 bits per heavy atom. The average Bonchev–Trinajstić information content (AvgIpc) is 2.21. The van der Waals surface area contributed by atoms with E-state index >= 15 is 0 Å². The van der Waals surface area contributed by atoms with Gasteiger partial charge in [0.1, 0.15) is 5.75 Å². The fourth-order valence-corrected chi connectivity index (χ4v) is 1.72. The number of rotatable bonds is 5. The van der Waals surface area contributed by atoms with Crippen LogP contribution >= 0.6 is 15.9 Å². The van der Waals surface area contributed by atoms with Crippen molar-refractivity contribution in [1.82, 2.24) is 0 Å². The van der Waals surface area contributed by atoms with E-state index in [2.05, 4.69) is 15.9 Å². The number of aryl methyl sites for hydroxylation is 1. The van der Waals surface area contributed by atoms with Gasteiger partial charge in [-0.15, -0.1) is 0 Å². The lowest BCUT2D eigenvalue weighted by molar-refractivity contribution is 0.0986. The number of ketones is 1. The van der Waals surface area contributed by atoms with E-state index in [-0.39, 0.29) is 5.78 Å². The number of alkyl halides is 1. The van der Waals surface area contributed by atoms with E-state index in [1.165, 1.54) is 0 Å². The van der Waals surface area contributed by atoms with Crippen LogP contribution in [0.1, 0.15) is 29.3 Å². The highest BCUT2D eigenvalue weighted by Crippen LogP contribution is 2.21. The van der Waals surface area contributed by atoms with Gasteiger partial charge in [0.2, 0.25) is 0 Å². The normalized spacial score (nSPS) is 10.1. The molecule has 1 aromatic rings. The van der Waals surface area contributed by atoms with Crippen LogP contribution in [0.5, 0.6) is 5.75 Å². The van der Waals surface area contributed by atoms with Gasteiger partial charge < -0.3 is 4.74 Å². The van der Waals surface area contributed by atoms with Crippen LogP contribution in [0.25, 0.3) is 0 Å². The van der Waals surface area contributed by atoms with Gasteiger partial charge in [0.05, 0.1) is 12.2 Å². The molecule has 0 radical (unpaired) electrons. The van der Waals surface area contributed by atoms with Crippen molar-refractivity contribution in [3.8, 4) is 5.75 Å². The first kappa shape index (κ1) is 12.2. The Kier molecular flexibility index (Phi) is 4.82. The molecular weight excluding hydrogens is 256 g/mol. The second-order valence-corrected chi connectivity index (χ2v) is 4.09. The number of hydrogen-bond donors (Lipinski definition) is 0.